The molecule has 0 atom stereocenters. The maximum Gasteiger partial charge on any atom is 0.268 e. The molecule has 0 aliphatic heterocycles. The van der Waals surface area contributed by atoms with E-state index in [0.29, 0.717) is 5.75 Å². The summed E-state index contributed by atoms with van der Waals surface area (Å²) in [5.74, 6) is -0.347. The molecule has 1 aromatic carbocycles. The van der Waals surface area contributed by atoms with Gasteiger partial charge in [0.15, 0.2) is 0 Å². The highest BCUT2D eigenvalue weighted by atomic mass is 32.2. The van der Waals surface area contributed by atoms with Crippen LogP contribution < -0.4 is 9.46 Å². The molecule has 16 heavy (non-hydrogen) atoms. The number of carbonyl (C=O) groups is 1. The zero-order valence-electron chi connectivity index (χ0n) is 9.27. The van der Waals surface area contributed by atoms with Crippen molar-refractivity contribution in [3.05, 3.63) is 29.3 Å². The van der Waals surface area contributed by atoms with Gasteiger partial charge in [0.05, 0.1) is 18.9 Å². The Balaban J connectivity index is 3.09. The van der Waals surface area contributed by atoms with E-state index in [4.69, 9.17) is 4.74 Å². The van der Waals surface area contributed by atoms with Gasteiger partial charge in [-0.15, -0.1) is 0 Å². The summed E-state index contributed by atoms with van der Waals surface area (Å²) in [4.78, 5) is 11.6. The SMILES string of the molecule is COc1cc(C)ccc1C(=O)NS(C)(=O)=O. The highest BCUT2D eigenvalue weighted by Crippen LogP contribution is 2.19. The van der Waals surface area contributed by atoms with Crippen molar-refractivity contribution in [1.82, 2.24) is 4.72 Å². The zero-order valence-corrected chi connectivity index (χ0v) is 10.1. The summed E-state index contributed by atoms with van der Waals surface area (Å²) in [7, 11) is -2.14. The number of hydrogen-bond acceptors (Lipinski definition) is 4. The number of benzene rings is 1. The van der Waals surface area contributed by atoms with Gasteiger partial charge in [-0.1, -0.05) is 6.07 Å². The van der Waals surface area contributed by atoms with Crippen molar-refractivity contribution in [2.75, 3.05) is 13.4 Å². The molecule has 5 nitrogen and oxygen atoms in total. The van der Waals surface area contributed by atoms with Gasteiger partial charge in [0.25, 0.3) is 5.91 Å². The smallest absolute Gasteiger partial charge is 0.268 e. The molecule has 0 aromatic heterocycles. The molecule has 0 unspecified atom stereocenters. The molecular formula is C10H13NO4S. The monoisotopic (exact) mass is 243 g/mol. The predicted octanol–water partition coefficient (Wildman–Crippen LogP) is 0.693. The van der Waals surface area contributed by atoms with Crippen molar-refractivity contribution < 1.29 is 17.9 Å². The van der Waals surface area contributed by atoms with E-state index in [1.807, 2.05) is 11.6 Å². The van der Waals surface area contributed by atoms with Crippen molar-refractivity contribution >= 4 is 15.9 Å². The van der Waals surface area contributed by atoms with Gasteiger partial charge in [0.1, 0.15) is 5.75 Å². The number of nitrogens with one attached hydrogen (secondary N) is 1. The highest BCUT2D eigenvalue weighted by Gasteiger charge is 2.15. The second-order valence-corrected chi connectivity index (χ2v) is 5.16. The molecule has 6 heteroatoms. The Morgan fingerprint density at radius 2 is 2.00 bits per heavy atom. The zero-order chi connectivity index (χ0) is 12.3. The molecule has 0 heterocycles. The molecule has 1 amide bonds. The number of carbonyl (C=O) groups excluding carboxylic acids is 1. The topological polar surface area (TPSA) is 72.5 Å². The average molecular weight is 243 g/mol. The Kier molecular flexibility index (Phi) is 3.54. The molecule has 0 saturated carbocycles. The van der Waals surface area contributed by atoms with E-state index < -0.39 is 15.9 Å². The van der Waals surface area contributed by atoms with E-state index in [0.717, 1.165) is 11.8 Å². The number of rotatable bonds is 3. The van der Waals surface area contributed by atoms with E-state index in [9.17, 15) is 13.2 Å². The summed E-state index contributed by atoms with van der Waals surface area (Å²) >= 11 is 0. The van der Waals surface area contributed by atoms with Crippen LogP contribution in [0.3, 0.4) is 0 Å². The second-order valence-electron chi connectivity index (χ2n) is 3.41. The number of aryl methyl sites for hydroxylation is 1. The molecule has 1 rings (SSSR count). The van der Waals surface area contributed by atoms with Crippen molar-refractivity contribution in [2.24, 2.45) is 0 Å². The Labute approximate surface area is 94.5 Å². The summed E-state index contributed by atoms with van der Waals surface area (Å²) < 4.78 is 28.7. The molecule has 1 N–H and O–H groups in total. The minimum atomic E-state index is -3.56. The molecule has 88 valence electrons. The lowest BCUT2D eigenvalue weighted by molar-refractivity contribution is 0.0978. The van der Waals surface area contributed by atoms with Gasteiger partial charge in [-0.25, -0.2) is 13.1 Å². The summed E-state index contributed by atoms with van der Waals surface area (Å²) in [5, 5.41) is 0. The molecule has 0 bridgehead atoms. The number of hydrogen-bond donors (Lipinski definition) is 1. The van der Waals surface area contributed by atoms with E-state index in [2.05, 4.69) is 0 Å². The van der Waals surface area contributed by atoms with Crippen molar-refractivity contribution in [1.29, 1.82) is 0 Å². The van der Waals surface area contributed by atoms with E-state index in [-0.39, 0.29) is 5.56 Å². The van der Waals surface area contributed by atoms with Gasteiger partial charge in [-0.05, 0) is 24.6 Å². The van der Waals surface area contributed by atoms with Crippen LogP contribution in [0.2, 0.25) is 0 Å². The molecule has 0 aliphatic rings. The molecule has 0 aliphatic carbocycles. The Bertz CT molecular complexity index is 508. The van der Waals surface area contributed by atoms with Gasteiger partial charge >= 0.3 is 0 Å². The van der Waals surface area contributed by atoms with Crippen LogP contribution in [-0.2, 0) is 10.0 Å². The lowest BCUT2D eigenvalue weighted by atomic mass is 10.1. The van der Waals surface area contributed by atoms with Crippen LogP contribution in [0.4, 0.5) is 0 Å². The highest BCUT2D eigenvalue weighted by molar-refractivity contribution is 7.89. The molecule has 0 radical (unpaired) electrons. The van der Waals surface area contributed by atoms with Gasteiger partial charge in [0, 0.05) is 0 Å². The molecule has 0 spiro atoms. The van der Waals surface area contributed by atoms with E-state index in [1.54, 1.807) is 12.1 Å². The van der Waals surface area contributed by atoms with Crippen LogP contribution in [0.1, 0.15) is 15.9 Å². The minimum absolute atomic E-state index is 0.193. The van der Waals surface area contributed by atoms with Gasteiger partial charge < -0.3 is 4.74 Å². The standard InChI is InChI=1S/C10H13NO4S/c1-7-4-5-8(9(6-7)15-2)10(12)11-16(3,13)14/h4-6H,1-3H3,(H,11,12). The number of methoxy groups -OCH3 is 1. The van der Waals surface area contributed by atoms with Crippen LogP contribution in [0, 0.1) is 6.92 Å². The molecule has 1 aromatic rings. The number of amides is 1. The summed E-state index contributed by atoms with van der Waals surface area (Å²) in [6, 6.07) is 4.89. The van der Waals surface area contributed by atoms with Gasteiger partial charge in [-0.3, -0.25) is 4.79 Å². The fraction of sp³-hybridized carbons (Fsp3) is 0.300. The minimum Gasteiger partial charge on any atom is -0.496 e. The second kappa shape index (κ2) is 4.52. The summed E-state index contributed by atoms with van der Waals surface area (Å²) in [6.45, 7) is 1.85. The first-order valence-electron chi connectivity index (χ1n) is 4.50. The summed E-state index contributed by atoms with van der Waals surface area (Å²) in [6.07, 6.45) is 0.922. The lowest BCUT2D eigenvalue weighted by Gasteiger charge is -2.08. The molecule has 0 fully saturated rings. The van der Waals surface area contributed by atoms with E-state index >= 15 is 0 Å². The lowest BCUT2D eigenvalue weighted by Crippen LogP contribution is -2.29. The quantitative estimate of drug-likeness (QED) is 0.848. The van der Waals surface area contributed by atoms with E-state index in [1.165, 1.54) is 13.2 Å². The van der Waals surface area contributed by atoms with Crippen LogP contribution in [0.5, 0.6) is 5.75 Å². The maximum absolute atomic E-state index is 11.6. The van der Waals surface area contributed by atoms with Crippen LogP contribution >= 0.6 is 0 Å². The van der Waals surface area contributed by atoms with Crippen molar-refractivity contribution in [3.63, 3.8) is 0 Å². The van der Waals surface area contributed by atoms with Crippen molar-refractivity contribution in [2.45, 2.75) is 6.92 Å². The number of sulfonamides is 1. The Morgan fingerprint density at radius 1 is 1.38 bits per heavy atom. The molecule has 0 saturated heterocycles. The van der Waals surface area contributed by atoms with Gasteiger partial charge in [-0.2, -0.15) is 0 Å². The third kappa shape index (κ3) is 3.23. The summed E-state index contributed by atoms with van der Waals surface area (Å²) in [5.41, 5.74) is 1.12. The van der Waals surface area contributed by atoms with Crippen LogP contribution in [0.15, 0.2) is 18.2 Å². The third-order valence-corrected chi connectivity index (χ3v) is 2.44. The van der Waals surface area contributed by atoms with Crippen LogP contribution in [-0.4, -0.2) is 27.7 Å². The first kappa shape index (κ1) is 12.5. The third-order valence-electron chi connectivity index (χ3n) is 1.88. The van der Waals surface area contributed by atoms with Gasteiger partial charge in [0.2, 0.25) is 10.0 Å². The first-order chi connectivity index (χ1) is 7.33. The fourth-order valence-electron chi connectivity index (χ4n) is 1.21. The fourth-order valence-corrected chi connectivity index (χ4v) is 1.66. The van der Waals surface area contributed by atoms with Crippen LogP contribution in [0.25, 0.3) is 0 Å². The molecular weight excluding hydrogens is 230 g/mol. The number of ether oxygens (including phenoxy) is 1. The first-order valence-corrected chi connectivity index (χ1v) is 6.39. The van der Waals surface area contributed by atoms with Crippen molar-refractivity contribution in [3.8, 4) is 5.75 Å². The Hall–Kier alpha value is -1.56. The Morgan fingerprint density at radius 3 is 2.50 bits per heavy atom. The normalized spacial score (nSPS) is 10.9. The predicted molar refractivity (Wildman–Crippen MR) is 60.0 cm³/mol. The maximum atomic E-state index is 11.6. The average Bonchev–Trinajstić information content (AvgIpc) is 2.14. The largest absolute Gasteiger partial charge is 0.496 e.